The summed E-state index contributed by atoms with van der Waals surface area (Å²) in [5.41, 5.74) is 3.34. The standard InChI is InChI=1S/C19H30N6O/c1-5-20-19(22-9-7-11-25-16(4)12-15(3)24-25)23-14-17-8-10-21-18(13-17)26-6-2/h8,10,12-13H,5-7,9,11,14H2,1-4H3,(H2,20,22,23). The molecule has 26 heavy (non-hydrogen) atoms. The van der Waals surface area contributed by atoms with E-state index in [1.165, 1.54) is 5.69 Å². The molecule has 0 aromatic carbocycles. The molecule has 142 valence electrons. The molecule has 0 fully saturated rings. The third kappa shape index (κ3) is 6.38. The molecule has 0 aliphatic heterocycles. The number of guanidine groups is 1. The Balaban J connectivity index is 1.84. The Morgan fingerprint density at radius 1 is 1.23 bits per heavy atom. The lowest BCUT2D eigenvalue weighted by Gasteiger charge is -2.12. The van der Waals surface area contributed by atoms with E-state index in [9.17, 15) is 0 Å². The maximum atomic E-state index is 5.43. The fraction of sp³-hybridized carbons (Fsp3) is 0.526. The van der Waals surface area contributed by atoms with Gasteiger partial charge in [-0.3, -0.25) is 4.68 Å². The van der Waals surface area contributed by atoms with E-state index >= 15 is 0 Å². The summed E-state index contributed by atoms with van der Waals surface area (Å²) < 4.78 is 7.48. The van der Waals surface area contributed by atoms with Crippen molar-refractivity contribution >= 4 is 5.96 Å². The molecule has 0 bridgehead atoms. The van der Waals surface area contributed by atoms with Crippen LogP contribution in [0, 0.1) is 13.8 Å². The monoisotopic (exact) mass is 358 g/mol. The number of hydrogen-bond acceptors (Lipinski definition) is 4. The van der Waals surface area contributed by atoms with Gasteiger partial charge in [0.25, 0.3) is 0 Å². The molecule has 7 nitrogen and oxygen atoms in total. The van der Waals surface area contributed by atoms with Crippen molar-refractivity contribution in [3.8, 4) is 5.88 Å². The van der Waals surface area contributed by atoms with Crippen LogP contribution in [0.2, 0.25) is 0 Å². The number of pyridine rings is 1. The van der Waals surface area contributed by atoms with Crippen LogP contribution in [0.15, 0.2) is 29.4 Å². The van der Waals surface area contributed by atoms with E-state index < -0.39 is 0 Å². The van der Waals surface area contributed by atoms with Crippen LogP contribution < -0.4 is 15.4 Å². The molecule has 0 radical (unpaired) electrons. The number of aromatic nitrogens is 3. The first kappa shape index (κ1) is 19.8. The van der Waals surface area contributed by atoms with Crippen LogP contribution in [-0.2, 0) is 13.1 Å². The van der Waals surface area contributed by atoms with Gasteiger partial charge in [0.15, 0.2) is 5.96 Å². The van der Waals surface area contributed by atoms with Crippen molar-refractivity contribution in [2.24, 2.45) is 4.99 Å². The fourth-order valence-electron chi connectivity index (χ4n) is 2.62. The Labute approximate surface area is 155 Å². The molecule has 0 saturated carbocycles. The average molecular weight is 358 g/mol. The quantitative estimate of drug-likeness (QED) is 0.409. The molecule has 0 amide bonds. The number of nitrogens with one attached hydrogen (secondary N) is 2. The van der Waals surface area contributed by atoms with Gasteiger partial charge in [0.05, 0.1) is 18.8 Å². The molecule has 2 heterocycles. The van der Waals surface area contributed by atoms with Crippen molar-refractivity contribution in [2.45, 2.75) is 47.2 Å². The second-order valence-corrected chi connectivity index (χ2v) is 6.06. The van der Waals surface area contributed by atoms with Crippen LogP contribution >= 0.6 is 0 Å². The van der Waals surface area contributed by atoms with Gasteiger partial charge in [0, 0.05) is 37.6 Å². The Morgan fingerprint density at radius 2 is 2.08 bits per heavy atom. The molecule has 0 aliphatic carbocycles. The first-order chi connectivity index (χ1) is 12.6. The molecule has 0 spiro atoms. The number of rotatable bonds is 9. The molecular formula is C19H30N6O. The van der Waals surface area contributed by atoms with Crippen molar-refractivity contribution < 1.29 is 4.74 Å². The van der Waals surface area contributed by atoms with E-state index in [1.54, 1.807) is 6.20 Å². The molecular weight excluding hydrogens is 328 g/mol. The highest BCUT2D eigenvalue weighted by atomic mass is 16.5. The minimum atomic E-state index is 0.579. The van der Waals surface area contributed by atoms with Crippen molar-refractivity contribution in [3.05, 3.63) is 41.3 Å². The highest BCUT2D eigenvalue weighted by Crippen LogP contribution is 2.10. The molecule has 0 aliphatic rings. The third-order valence-corrected chi connectivity index (χ3v) is 3.80. The highest BCUT2D eigenvalue weighted by molar-refractivity contribution is 5.79. The topological polar surface area (TPSA) is 76.4 Å². The van der Waals surface area contributed by atoms with E-state index in [0.717, 1.165) is 43.3 Å². The van der Waals surface area contributed by atoms with Crippen LogP contribution in [0.3, 0.4) is 0 Å². The largest absolute Gasteiger partial charge is 0.478 e. The van der Waals surface area contributed by atoms with Gasteiger partial charge in [-0.1, -0.05) is 0 Å². The minimum Gasteiger partial charge on any atom is -0.478 e. The second kappa shape index (κ2) is 10.4. The lowest BCUT2D eigenvalue weighted by molar-refractivity contribution is 0.326. The smallest absolute Gasteiger partial charge is 0.213 e. The molecule has 0 atom stereocenters. The number of aliphatic imine (C=N–C) groups is 1. The number of ether oxygens (including phenoxy) is 1. The molecule has 2 aromatic rings. The third-order valence-electron chi connectivity index (χ3n) is 3.80. The molecule has 7 heteroatoms. The van der Waals surface area contributed by atoms with E-state index in [4.69, 9.17) is 4.74 Å². The summed E-state index contributed by atoms with van der Waals surface area (Å²) in [5, 5.41) is 11.1. The van der Waals surface area contributed by atoms with Crippen LogP contribution in [-0.4, -0.2) is 40.4 Å². The van der Waals surface area contributed by atoms with Crippen LogP contribution in [0.25, 0.3) is 0 Å². The Morgan fingerprint density at radius 3 is 2.77 bits per heavy atom. The van der Waals surface area contributed by atoms with Crippen molar-refractivity contribution in [1.82, 2.24) is 25.4 Å². The summed E-state index contributed by atoms with van der Waals surface area (Å²) in [6.45, 7) is 11.9. The van der Waals surface area contributed by atoms with E-state index in [0.29, 0.717) is 19.0 Å². The Kier molecular flexibility index (Phi) is 7.92. The van der Waals surface area contributed by atoms with E-state index in [2.05, 4.69) is 45.6 Å². The number of hydrogen-bond donors (Lipinski definition) is 2. The fourth-order valence-corrected chi connectivity index (χ4v) is 2.62. The van der Waals surface area contributed by atoms with Crippen LogP contribution in [0.5, 0.6) is 5.88 Å². The average Bonchev–Trinajstić information content (AvgIpc) is 2.94. The van der Waals surface area contributed by atoms with Crippen molar-refractivity contribution in [2.75, 3.05) is 19.7 Å². The molecule has 0 unspecified atom stereocenters. The van der Waals surface area contributed by atoms with Gasteiger partial charge in [0.2, 0.25) is 5.88 Å². The number of nitrogens with zero attached hydrogens (tertiary/aromatic N) is 4. The Hall–Kier alpha value is -2.57. The lowest BCUT2D eigenvalue weighted by Crippen LogP contribution is -2.38. The normalized spacial score (nSPS) is 11.5. The number of aryl methyl sites for hydroxylation is 3. The second-order valence-electron chi connectivity index (χ2n) is 6.06. The Bertz CT molecular complexity index is 710. The summed E-state index contributed by atoms with van der Waals surface area (Å²) >= 11 is 0. The molecule has 2 rings (SSSR count). The zero-order chi connectivity index (χ0) is 18.8. The van der Waals surface area contributed by atoms with Gasteiger partial charge in [-0.2, -0.15) is 5.10 Å². The molecule has 2 N–H and O–H groups in total. The van der Waals surface area contributed by atoms with Crippen molar-refractivity contribution in [1.29, 1.82) is 0 Å². The maximum Gasteiger partial charge on any atom is 0.213 e. The summed E-state index contributed by atoms with van der Waals surface area (Å²) in [5.74, 6) is 1.46. The first-order valence-corrected chi connectivity index (χ1v) is 9.23. The maximum absolute atomic E-state index is 5.43. The van der Waals surface area contributed by atoms with Crippen LogP contribution in [0.1, 0.15) is 37.2 Å². The summed E-state index contributed by atoms with van der Waals surface area (Å²) in [7, 11) is 0. The minimum absolute atomic E-state index is 0.579. The van der Waals surface area contributed by atoms with E-state index in [-0.39, 0.29) is 0 Å². The van der Waals surface area contributed by atoms with Gasteiger partial charge >= 0.3 is 0 Å². The zero-order valence-electron chi connectivity index (χ0n) is 16.2. The lowest BCUT2D eigenvalue weighted by atomic mass is 10.3. The molecule has 2 aromatic heterocycles. The van der Waals surface area contributed by atoms with Gasteiger partial charge in [-0.25, -0.2) is 9.98 Å². The van der Waals surface area contributed by atoms with Gasteiger partial charge in [0.1, 0.15) is 0 Å². The van der Waals surface area contributed by atoms with Gasteiger partial charge < -0.3 is 15.4 Å². The highest BCUT2D eigenvalue weighted by Gasteiger charge is 2.02. The SMILES string of the molecule is CCNC(=NCc1ccnc(OCC)c1)NCCCn1nc(C)cc1C. The summed E-state index contributed by atoms with van der Waals surface area (Å²) in [6.07, 6.45) is 2.74. The summed E-state index contributed by atoms with van der Waals surface area (Å²) in [6, 6.07) is 5.99. The van der Waals surface area contributed by atoms with E-state index in [1.807, 2.05) is 30.7 Å². The molecule has 0 saturated heterocycles. The predicted octanol–water partition coefficient (Wildman–Crippen LogP) is 2.44. The van der Waals surface area contributed by atoms with Gasteiger partial charge in [-0.15, -0.1) is 0 Å². The van der Waals surface area contributed by atoms with Crippen LogP contribution in [0.4, 0.5) is 0 Å². The predicted molar refractivity (Wildman–Crippen MR) is 105 cm³/mol. The van der Waals surface area contributed by atoms with Gasteiger partial charge in [-0.05, 0) is 51.8 Å². The van der Waals surface area contributed by atoms with Crippen molar-refractivity contribution in [3.63, 3.8) is 0 Å². The zero-order valence-corrected chi connectivity index (χ0v) is 16.2. The first-order valence-electron chi connectivity index (χ1n) is 9.23. The summed E-state index contributed by atoms with van der Waals surface area (Å²) in [4.78, 5) is 8.82.